The van der Waals surface area contributed by atoms with E-state index >= 15 is 0 Å². The predicted octanol–water partition coefficient (Wildman–Crippen LogP) is 21.7. The van der Waals surface area contributed by atoms with Crippen LogP contribution in [-0.4, -0.2) is 96.7 Å². The molecule has 0 amide bonds. The summed E-state index contributed by atoms with van der Waals surface area (Å²) >= 11 is 0. The SMILES string of the molecule is CCC(C)CCCCCCCCCCCCCCCCC(=O)O[C@H](COC(=O)CCCCCCCCC(C)C)COP(=O)(O)OCC(O)COP(=O)(O)OC[C@@H](COC(=O)CCCCCCCCC(C)C)OC(=O)CCCCCCCCCCCCCCCCC(C)CC. The summed E-state index contributed by atoms with van der Waals surface area (Å²) in [6, 6.07) is 0. The zero-order chi connectivity index (χ0) is 69.6. The lowest BCUT2D eigenvalue weighted by Crippen LogP contribution is -2.30. The van der Waals surface area contributed by atoms with Crippen molar-refractivity contribution >= 4 is 39.5 Å². The molecular weight excluding hydrogens is 1230 g/mol. The quantitative estimate of drug-likeness (QED) is 0.0222. The number of carbonyl (C=O) groups is 4. The minimum atomic E-state index is -4.95. The van der Waals surface area contributed by atoms with Crippen molar-refractivity contribution in [3.63, 3.8) is 0 Å². The molecule has 0 rings (SSSR count). The number of aliphatic hydroxyl groups is 1. The summed E-state index contributed by atoms with van der Waals surface area (Å²) in [5, 5.41) is 10.6. The van der Waals surface area contributed by atoms with Crippen molar-refractivity contribution in [3.8, 4) is 0 Å². The van der Waals surface area contributed by atoms with Crippen molar-refractivity contribution in [2.45, 2.75) is 395 Å². The molecule has 17 nitrogen and oxygen atoms in total. The molecule has 0 heterocycles. The second-order valence-corrected chi connectivity index (χ2v) is 31.4. The maximum atomic E-state index is 13.0. The number of hydrogen-bond acceptors (Lipinski definition) is 15. The fourth-order valence-corrected chi connectivity index (χ4v) is 12.9. The summed E-state index contributed by atoms with van der Waals surface area (Å²) in [6.45, 7) is 14.1. The van der Waals surface area contributed by atoms with Crippen LogP contribution in [0.25, 0.3) is 0 Å². The molecule has 0 saturated carbocycles. The molecule has 0 aliphatic heterocycles. The highest BCUT2D eigenvalue weighted by Gasteiger charge is 2.30. The molecule has 0 aromatic heterocycles. The average molecular weight is 1380 g/mol. The molecule has 0 aliphatic rings. The molecule has 0 aromatic carbocycles. The summed E-state index contributed by atoms with van der Waals surface area (Å²) in [5.74, 6) is 0.924. The van der Waals surface area contributed by atoms with Crippen LogP contribution in [0.15, 0.2) is 0 Å². The van der Waals surface area contributed by atoms with Gasteiger partial charge >= 0.3 is 39.5 Å². The maximum absolute atomic E-state index is 13.0. The van der Waals surface area contributed by atoms with Crippen molar-refractivity contribution in [1.29, 1.82) is 0 Å². The van der Waals surface area contributed by atoms with Gasteiger partial charge in [-0.25, -0.2) is 9.13 Å². The van der Waals surface area contributed by atoms with Crippen LogP contribution in [0.1, 0.15) is 376 Å². The summed E-state index contributed by atoms with van der Waals surface area (Å²) in [5.41, 5.74) is 0. The lowest BCUT2D eigenvalue weighted by atomic mass is 9.99. The second kappa shape index (κ2) is 64.4. The topological polar surface area (TPSA) is 237 Å². The van der Waals surface area contributed by atoms with E-state index in [1.807, 2.05) is 0 Å². The Balaban J connectivity index is 5.18. The summed E-state index contributed by atoms with van der Waals surface area (Å²) < 4.78 is 68.4. The van der Waals surface area contributed by atoms with E-state index in [2.05, 4.69) is 55.4 Å². The normalized spacial score (nSPS) is 14.7. The van der Waals surface area contributed by atoms with Gasteiger partial charge in [-0.15, -0.1) is 0 Å². The van der Waals surface area contributed by atoms with Gasteiger partial charge in [0.05, 0.1) is 26.4 Å². The van der Waals surface area contributed by atoms with Crippen LogP contribution in [0.5, 0.6) is 0 Å². The number of rotatable bonds is 72. The number of esters is 4. The molecule has 4 unspecified atom stereocenters. The highest BCUT2D eigenvalue weighted by Crippen LogP contribution is 2.45. The van der Waals surface area contributed by atoms with Crippen LogP contribution in [0.3, 0.4) is 0 Å². The molecular formula is C75H146O17P2. The third kappa shape index (κ3) is 66.0. The van der Waals surface area contributed by atoms with Gasteiger partial charge in [-0.2, -0.15) is 0 Å². The number of hydrogen-bond donors (Lipinski definition) is 3. The monoisotopic (exact) mass is 1380 g/mol. The second-order valence-electron chi connectivity index (χ2n) is 28.5. The van der Waals surface area contributed by atoms with E-state index in [1.165, 1.54) is 167 Å². The van der Waals surface area contributed by atoms with Gasteiger partial charge in [-0.3, -0.25) is 37.3 Å². The van der Waals surface area contributed by atoms with Gasteiger partial charge in [0.2, 0.25) is 0 Å². The molecule has 0 saturated heterocycles. The summed E-state index contributed by atoms with van der Waals surface area (Å²) in [7, 11) is -9.91. The van der Waals surface area contributed by atoms with Gasteiger partial charge in [0.1, 0.15) is 19.3 Å². The lowest BCUT2D eigenvalue weighted by molar-refractivity contribution is -0.161. The van der Waals surface area contributed by atoms with Crippen LogP contribution in [0.4, 0.5) is 0 Å². The van der Waals surface area contributed by atoms with E-state index in [0.29, 0.717) is 37.5 Å². The van der Waals surface area contributed by atoms with E-state index < -0.39 is 97.5 Å². The summed E-state index contributed by atoms with van der Waals surface area (Å²) in [6.07, 6.45) is 48.8. The maximum Gasteiger partial charge on any atom is 0.472 e. The lowest BCUT2D eigenvalue weighted by Gasteiger charge is -2.21. The Labute approximate surface area is 575 Å². The Bertz CT molecular complexity index is 1730. The van der Waals surface area contributed by atoms with Crippen molar-refractivity contribution in [2.75, 3.05) is 39.6 Å². The Morgan fingerprint density at radius 1 is 0.298 bits per heavy atom. The van der Waals surface area contributed by atoms with Crippen LogP contribution in [0.2, 0.25) is 0 Å². The van der Waals surface area contributed by atoms with E-state index in [9.17, 15) is 43.2 Å². The van der Waals surface area contributed by atoms with Crippen LogP contribution < -0.4 is 0 Å². The first-order chi connectivity index (χ1) is 45.2. The molecule has 6 atom stereocenters. The zero-order valence-electron chi connectivity index (χ0n) is 61.6. The third-order valence-electron chi connectivity index (χ3n) is 18.0. The fraction of sp³-hybridized carbons (Fsp3) is 0.947. The summed E-state index contributed by atoms with van der Waals surface area (Å²) in [4.78, 5) is 72.7. The molecule has 19 heteroatoms. The highest BCUT2D eigenvalue weighted by molar-refractivity contribution is 7.47. The molecule has 0 radical (unpaired) electrons. The van der Waals surface area contributed by atoms with Crippen LogP contribution in [-0.2, 0) is 65.4 Å². The standard InChI is InChI=1S/C75H146O17P2/c1-9-67(7)53-45-37-27-23-19-15-11-13-17-21-25-29-41-49-57-74(79)91-70(61-85-72(77)55-47-39-33-31-35-43-51-65(3)4)63-89-93(81,82)87-59-69(76)60-88-94(83,84)90-64-71(62-86-73(78)56-48-40-34-32-36-44-52-66(5)6)92-75(80)58-50-42-30-26-22-18-14-12-16-20-24-28-38-46-54-68(8)10-2/h65-71,76H,9-64H2,1-8H3,(H,81,82)(H,83,84)/t67?,68?,69?,70-,71-/m1/s1. The number of carbonyl (C=O) groups excluding carboxylic acids is 4. The van der Waals surface area contributed by atoms with E-state index in [0.717, 1.165) is 115 Å². The zero-order valence-corrected chi connectivity index (χ0v) is 63.4. The van der Waals surface area contributed by atoms with Crippen molar-refractivity contribution < 1.29 is 80.2 Å². The van der Waals surface area contributed by atoms with Crippen molar-refractivity contribution in [3.05, 3.63) is 0 Å². The van der Waals surface area contributed by atoms with Gasteiger partial charge in [-0.05, 0) is 49.4 Å². The van der Waals surface area contributed by atoms with Gasteiger partial charge < -0.3 is 33.8 Å². The minimum Gasteiger partial charge on any atom is -0.462 e. The van der Waals surface area contributed by atoms with E-state index in [4.69, 9.17) is 37.0 Å². The fourth-order valence-electron chi connectivity index (χ4n) is 11.3. The predicted molar refractivity (Wildman–Crippen MR) is 381 cm³/mol. The van der Waals surface area contributed by atoms with Crippen LogP contribution >= 0.6 is 15.6 Å². The molecule has 0 fully saturated rings. The minimum absolute atomic E-state index is 0.106. The first-order valence-corrected chi connectivity index (χ1v) is 41.8. The van der Waals surface area contributed by atoms with Gasteiger partial charge in [0.25, 0.3) is 0 Å². The Morgan fingerprint density at radius 3 is 0.755 bits per heavy atom. The molecule has 3 N–H and O–H groups in total. The van der Waals surface area contributed by atoms with Gasteiger partial charge in [0, 0.05) is 25.7 Å². The molecule has 0 bridgehead atoms. The Morgan fingerprint density at radius 2 is 0.511 bits per heavy atom. The van der Waals surface area contributed by atoms with E-state index in [-0.39, 0.29) is 25.7 Å². The van der Waals surface area contributed by atoms with Crippen molar-refractivity contribution in [1.82, 2.24) is 0 Å². The average Bonchev–Trinajstić information content (AvgIpc) is 1.15. The molecule has 558 valence electrons. The molecule has 0 aromatic rings. The number of aliphatic hydroxyl groups excluding tert-OH is 1. The largest absolute Gasteiger partial charge is 0.472 e. The number of unbranched alkanes of at least 4 members (excludes halogenated alkanes) is 36. The molecule has 0 spiro atoms. The smallest absolute Gasteiger partial charge is 0.462 e. The number of phosphoric ester groups is 2. The third-order valence-corrected chi connectivity index (χ3v) is 19.9. The van der Waals surface area contributed by atoms with Crippen LogP contribution in [0, 0.1) is 23.7 Å². The molecule has 0 aliphatic carbocycles. The number of ether oxygens (including phenoxy) is 4. The van der Waals surface area contributed by atoms with E-state index in [1.54, 1.807) is 0 Å². The van der Waals surface area contributed by atoms with Crippen molar-refractivity contribution in [2.24, 2.45) is 23.7 Å². The van der Waals surface area contributed by atoms with Gasteiger partial charge in [0.15, 0.2) is 12.2 Å². The Hall–Kier alpha value is -1.94. The first kappa shape index (κ1) is 92.1. The first-order valence-electron chi connectivity index (χ1n) is 38.8. The highest BCUT2D eigenvalue weighted by atomic mass is 31.2. The van der Waals surface area contributed by atoms with Gasteiger partial charge in [-0.1, -0.05) is 325 Å². The Kier molecular flexibility index (Phi) is 63.1. The number of phosphoric acid groups is 2. The molecule has 94 heavy (non-hydrogen) atoms.